The van der Waals surface area contributed by atoms with Gasteiger partial charge in [0.05, 0.1) is 29.9 Å². The number of hydrogen-bond donors (Lipinski definition) is 1. The van der Waals surface area contributed by atoms with Gasteiger partial charge in [0.2, 0.25) is 0 Å². The molecule has 7 nitrogen and oxygen atoms in total. The molecule has 1 fully saturated rings. The van der Waals surface area contributed by atoms with Crippen molar-refractivity contribution in [2.75, 3.05) is 26.3 Å². The fourth-order valence-electron chi connectivity index (χ4n) is 3.42. The molecule has 3 heterocycles. The third-order valence-corrected chi connectivity index (χ3v) is 4.94. The lowest BCUT2D eigenvalue weighted by molar-refractivity contribution is 0.0303. The maximum atomic E-state index is 12.7. The van der Waals surface area contributed by atoms with Gasteiger partial charge in [-0.15, -0.1) is 0 Å². The standard InChI is InChI=1S/C21H19N5O2/c27-21(25-10-12-28-13-11-25)16-4-7-18-19(14-16)24-20(23-18)15-2-5-17(6-3-15)26-9-1-8-22-26/h1-9,14H,10-13H2,(H,23,24). The second-order valence-corrected chi connectivity index (χ2v) is 6.72. The van der Waals surface area contributed by atoms with Crippen LogP contribution >= 0.6 is 0 Å². The summed E-state index contributed by atoms with van der Waals surface area (Å²) >= 11 is 0. The van der Waals surface area contributed by atoms with Crippen molar-refractivity contribution in [1.82, 2.24) is 24.6 Å². The number of carbonyl (C=O) groups is 1. The van der Waals surface area contributed by atoms with E-state index in [9.17, 15) is 4.79 Å². The number of nitrogens with one attached hydrogen (secondary N) is 1. The molecule has 28 heavy (non-hydrogen) atoms. The predicted octanol–water partition coefficient (Wildman–Crippen LogP) is 2.89. The van der Waals surface area contributed by atoms with Crippen LogP contribution in [0.4, 0.5) is 0 Å². The van der Waals surface area contributed by atoms with Gasteiger partial charge in [0.25, 0.3) is 5.91 Å². The Morgan fingerprint density at radius 2 is 1.89 bits per heavy atom. The Labute approximate surface area is 161 Å². The second-order valence-electron chi connectivity index (χ2n) is 6.72. The van der Waals surface area contributed by atoms with Crippen LogP contribution in [0.25, 0.3) is 28.1 Å². The van der Waals surface area contributed by atoms with Crippen molar-refractivity contribution in [2.24, 2.45) is 0 Å². The fraction of sp³-hybridized carbons (Fsp3) is 0.190. The number of H-pyrrole nitrogens is 1. The van der Waals surface area contributed by atoms with Crippen molar-refractivity contribution in [3.63, 3.8) is 0 Å². The molecular weight excluding hydrogens is 354 g/mol. The molecule has 1 aliphatic rings. The van der Waals surface area contributed by atoms with Gasteiger partial charge < -0.3 is 14.6 Å². The Balaban J connectivity index is 1.42. The first-order valence-corrected chi connectivity index (χ1v) is 9.25. The van der Waals surface area contributed by atoms with Crippen molar-refractivity contribution in [3.05, 3.63) is 66.5 Å². The van der Waals surface area contributed by atoms with Crippen molar-refractivity contribution in [2.45, 2.75) is 0 Å². The van der Waals surface area contributed by atoms with E-state index in [-0.39, 0.29) is 5.91 Å². The van der Waals surface area contributed by atoms with Gasteiger partial charge in [-0.3, -0.25) is 4.79 Å². The van der Waals surface area contributed by atoms with Gasteiger partial charge in [0, 0.05) is 36.6 Å². The number of fused-ring (bicyclic) bond motifs is 1. The Hall–Kier alpha value is -3.45. The summed E-state index contributed by atoms with van der Waals surface area (Å²) in [7, 11) is 0. The van der Waals surface area contributed by atoms with E-state index in [0.29, 0.717) is 31.9 Å². The molecule has 4 aromatic rings. The molecule has 7 heteroatoms. The minimum atomic E-state index is 0.0323. The van der Waals surface area contributed by atoms with Crippen LogP contribution in [0.1, 0.15) is 10.4 Å². The van der Waals surface area contributed by atoms with Gasteiger partial charge in [-0.25, -0.2) is 9.67 Å². The first-order valence-electron chi connectivity index (χ1n) is 9.25. The molecule has 140 valence electrons. The first-order chi connectivity index (χ1) is 13.8. The van der Waals surface area contributed by atoms with E-state index in [2.05, 4.69) is 15.1 Å². The lowest BCUT2D eigenvalue weighted by atomic mass is 10.1. The van der Waals surface area contributed by atoms with Gasteiger partial charge in [0.15, 0.2) is 0 Å². The molecule has 0 radical (unpaired) electrons. The molecule has 2 aromatic heterocycles. The summed E-state index contributed by atoms with van der Waals surface area (Å²) in [6.07, 6.45) is 3.66. The lowest BCUT2D eigenvalue weighted by Gasteiger charge is -2.26. The number of ether oxygens (including phenoxy) is 1. The minimum Gasteiger partial charge on any atom is -0.378 e. The Morgan fingerprint density at radius 1 is 1.07 bits per heavy atom. The highest BCUT2D eigenvalue weighted by atomic mass is 16.5. The van der Waals surface area contributed by atoms with E-state index in [1.807, 2.05) is 64.3 Å². The van der Waals surface area contributed by atoms with E-state index >= 15 is 0 Å². The topological polar surface area (TPSA) is 76.0 Å². The minimum absolute atomic E-state index is 0.0323. The van der Waals surface area contributed by atoms with E-state index < -0.39 is 0 Å². The largest absolute Gasteiger partial charge is 0.378 e. The van der Waals surface area contributed by atoms with Crippen LogP contribution < -0.4 is 0 Å². The van der Waals surface area contributed by atoms with Gasteiger partial charge in [0.1, 0.15) is 5.82 Å². The zero-order valence-electron chi connectivity index (χ0n) is 15.2. The van der Waals surface area contributed by atoms with Crippen molar-refractivity contribution < 1.29 is 9.53 Å². The smallest absolute Gasteiger partial charge is 0.254 e. The number of morpholine rings is 1. The highest BCUT2D eigenvalue weighted by Crippen LogP contribution is 2.23. The van der Waals surface area contributed by atoms with E-state index in [0.717, 1.165) is 28.1 Å². The molecule has 0 atom stereocenters. The molecule has 2 aromatic carbocycles. The van der Waals surface area contributed by atoms with Crippen LogP contribution in [0.5, 0.6) is 0 Å². The van der Waals surface area contributed by atoms with E-state index in [1.54, 1.807) is 6.20 Å². The number of aromatic amines is 1. The molecule has 0 aliphatic carbocycles. The third-order valence-electron chi connectivity index (χ3n) is 4.94. The van der Waals surface area contributed by atoms with Crippen LogP contribution in [-0.4, -0.2) is 56.9 Å². The molecule has 1 saturated heterocycles. The number of benzene rings is 2. The lowest BCUT2D eigenvalue weighted by Crippen LogP contribution is -2.40. The van der Waals surface area contributed by atoms with Crippen LogP contribution in [0.3, 0.4) is 0 Å². The molecular formula is C21H19N5O2. The van der Waals surface area contributed by atoms with Crippen molar-refractivity contribution in [3.8, 4) is 17.1 Å². The van der Waals surface area contributed by atoms with E-state index in [4.69, 9.17) is 4.74 Å². The Bertz CT molecular complexity index is 1110. The monoisotopic (exact) mass is 373 g/mol. The van der Waals surface area contributed by atoms with Crippen LogP contribution in [0, 0.1) is 0 Å². The molecule has 1 aliphatic heterocycles. The second kappa shape index (κ2) is 6.94. The number of amides is 1. The van der Waals surface area contributed by atoms with Crippen molar-refractivity contribution >= 4 is 16.9 Å². The Kier molecular flexibility index (Phi) is 4.14. The van der Waals surface area contributed by atoms with Gasteiger partial charge in [-0.05, 0) is 48.5 Å². The zero-order valence-corrected chi connectivity index (χ0v) is 15.2. The molecule has 1 N–H and O–H groups in total. The number of hydrogen-bond acceptors (Lipinski definition) is 4. The quantitative estimate of drug-likeness (QED) is 0.599. The van der Waals surface area contributed by atoms with Gasteiger partial charge >= 0.3 is 0 Å². The van der Waals surface area contributed by atoms with Crippen LogP contribution in [0.2, 0.25) is 0 Å². The number of carbonyl (C=O) groups excluding carboxylic acids is 1. The van der Waals surface area contributed by atoms with Crippen LogP contribution in [0.15, 0.2) is 60.9 Å². The number of imidazole rings is 1. The molecule has 0 unspecified atom stereocenters. The normalized spacial score (nSPS) is 14.5. The van der Waals surface area contributed by atoms with Gasteiger partial charge in [-0.1, -0.05) is 0 Å². The third kappa shape index (κ3) is 3.05. The summed E-state index contributed by atoms with van der Waals surface area (Å²) in [6, 6.07) is 15.5. The highest BCUT2D eigenvalue weighted by molar-refractivity contribution is 5.97. The fourth-order valence-corrected chi connectivity index (χ4v) is 3.42. The molecule has 0 spiro atoms. The first kappa shape index (κ1) is 16.7. The number of aromatic nitrogens is 4. The predicted molar refractivity (Wildman–Crippen MR) is 105 cm³/mol. The molecule has 5 rings (SSSR count). The molecule has 1 amide bonds. The zero-order chi connectivity index (χ0) is 18.9. The maximum absolute atomic E-state index is 12.7. The summed E-state index contributed by atoms with van der Waals surface area (Å²) in [6.45, 7) is 2.45. The molecule has 0 saturated carbocycles. The number of nitrogens with zero attached hydrogens (tertiary/aromatic N) is 4. The van der Waals surface area contributed by atoms with Crippen molar-refractivity contribution in [1.29, 1.82) is 0 Å². The highest BCUT2D eigenvalue weighted by Gasteiger charge is 2.19. The van der Waals surface area contributed by atoms with Crippen LogP contribution in [-0.2, 0) is 4.74 Å². The molecule has 0 bridgehead atoms. The Morgan fingerprint density at radius 3 is 2.64 bits per heavy atom. The average molecular weight is 373 g/mol. The maximum Gasteiger partial charge on any atom is 0.254 e. The summed E-state index contributed by atoms with van der Waals surface area (Å²) < 4.78 is 7.14. The number of rotatable bonds is 3. The summed E-state index contributed by atoms with van der Waals surface area (Å²) in [4.78, 5) is 22.5. The van der Waals surface area contributed by atoms with E-state index in [1.165, 1.54) is 0 Å². The summed E-state index contributed by atoms with van der Waals surface area (Å²) in [5.74, 6) is 0.808. The van der Waals surface area contributed by atoms with Gasteiger partial charge in [-0.2, -0.15) is 5.10 Å². The summed E-state index contributed by atoms with van der Waals surface area (Å²) in [5, 5.41) is 4.24. The SMILES string of the molecule is O=C(c1ccc2nc(-c3ccc(-n4cccn4)cc3)[nH]c2c1)N1CCOCC1. The average Bonchev–Trinajstić information content (AvgIpc) is 3.43. The summed E-state index contributed by atoms with van der Waals surface area (Å²) in [5.41, 5.74) is 4.32.